The van der Waals surface area contributed by atoms with Crippen LogP contribution in [0.4, 0.5) is 5.69 Å². The number of tetrazole rings is 1. The molecule has 116 valence electrons. The van der Waals surface area contributed by atoms with Crippen molar-refractivity contribution in [2.24, 2.45) is 0 Å². The molecule has 2 heterocycles. The second-order valence-corrected chi connectivity index (χ2v) is 5.88. The molecular weight excluding hydrogens is 306 g/mol. The van der Waals surface area contributed by atoms with Crippen molar-refractivity contribution in [3.05, 3.63) is 17.2 Å². The number of nitrogens with zero attached hydrogens (tertiary/aromatic N) is 4. The highest BCUT2D eigenvalue weighted by Gasteiger charge is 2.26. The second-order valence-electron chi connectivity index (χ2n) is 5.44. The van der Waals surface area contributed by atoms with Crippen molar-refractivity contribution in [1.82, 2.24) is 20.6 Å². The predicted octanol–water partition coefficient (Wildman–Crippen LogP) is 1.90. The van der Waals surface area contributed by atoms with Crippen molar-refractivity contribution in [2.75, 3.05) is 31.2 Å². The summed E-state index contributed by atoms with van der Waals surface area (Å²) in [5.74, 6) is 1.27. The molecule has 0 amide bonds. The first-order chi connectivity index (χ1) is 10.8. The molecule has 0 atom stereocenters. The van der Waals surface area contributed by atoms with E-state index in [-0.39, 0.29) is 0 Å². The molecule has 1 aliphatic carbocycles. The number of rotatable bonds is 5. The third-order valence-corrected chi connectivity index (χ3v) is 4.02. The van der Waals surface area contributed by atoms with Crippen LogP contribution in [-0.2, 0) is 4.74 Å². The van der Waals surface area contributed by atoms with Gasteiger partial charge in [0.05, 0.1) is 30.5 Å². The Morgan fingerprint density at radius 2 is 2.32 bits per heavy atom. The Balaban J connectivity index is 1.65. The van der Waals surface area contributed by atoms with Crippen LogP contribution in [0, 0.1) is 0 Å². The molecule has 2 aliphatic rings. The predicted molar refractivity (Wildman–Crippen MR) is 81.3 cm³/mol. The summed E-state index contributed by atoms with van der Waals surface area (Å²) in [6, 6.07) is 3.67. The van der Waals surface area contributed by atoms with E-state index in [0.717, 1.165) is 30.1 Å². The third kappa shape index (κ3) is 2.74. The maximum atomic E-state index is 6.19. The van der Waals surface area contributed by atoms with Crippen LogP contribution < -0.4 is 9.64 Å². The molecule has 8 heteroatoms. The minimum Gasteiger partial charge on any atom is -0.489 e. The summed E-state index contributed by atoms with van der Waals surface area (Å²) in [4.78, 5) is 2.24. The smallest absolute Gasteiger partial charge is 0.206 e. The summed E-state index contributed by atoms with van der Waals surface area (Å²) in [7, 11) is 0. The number of hydrogen-bond acceptors (Lipinski definition) is 6. The first-order valence-corrected chi connectivity index (χ1v) is 7.76. The molecule has 0 bridgehead atoms. The third-order valence-electron chi connectivity index (χ3n) is 3.80. The number of hydrogen-bond donors (Lipinski definition) is 1. The van der Waals surface area contributed by atoms with Crippen molar-refractivity contribution < 1.29 is 9.47 Å². The standard InChI is InChI=1S/C14H16ClN5O2/c15-9-7-11(14-16-18-19-17-14)13-12(8-9)22-6-4-20(13)3-5-21-10-1-2-10/h7-8,10H,1-6H2,(H,16,17,18,19). The van der Waals surface area contributed by atoms with Gasteiger partial charge in [-0.15, -0.1) is 10.2 Å². The van der Waals surface area contributed by atoms with Gasteiger partial charge in [-0.1, -0.05) is 11.6 Å². The molecule has 1 N–H and O–H groups in total. The molecule has 22 heavy (non-hydrogen) atoms. The molecule has 1 aromatic carbocycles. The van der Waals surface area contributed by atoms with Crippen LogP contribution in [0.3, 0.4) is 0 Å². The van der Waals surface area contributed by atoms with Crippen LogP contribution in [0.1, 0.15) is 12.8 Å². The molecule has 0 radical (unpaired) electrons. The van der Waals surface area contributed by atoms with E-state index in [0.29, 0.717) is 30.2 Å². The molecule has 1 aliphatic heterocycles. The summed E-state index contributed by atoms with van der Waals surface area (Å²) in [6.45, 7) is 2.94. The number of nitrogens with one attached hydrogen (secondary N) is 1. The Morgan fingerprint density at radius 3 is 3.09 bits per heavy atom. The van der Waals surface area contributed by atoms with E-state index in [1.807, 2.05) is 12.1 Å². The number of anilines is 1. The fourth-order valence-corrected chi connectivity index (χ4v) is 2.83. The van der Waals surface area contributed by atoms with Gasteiger partial charge in [0.1, 0.15) is 12.4 Å². The minimum absolute atomic E-state index is 0.461. The molecule has 7 nitrogen and oxygen atoms in total. The SMILES string of the molecule is Clc1cc2c(c(-c3nn[nH]n3)c1)N(CCOC1CC1)CCO2. The van der Waals surface area contributed by atoms with E-state index < -0.39 is 0 Å². The van der Waals surface area contributed by atoms with Gasteiger partial charge in [-0.2, -0.15) is 5.21 Å². The van der Waals surface area contributed by atoms with Gasteiger partial charge < -0.3 is 14.4 Å². The molecule has 1 fully saturated rings. The van der Waals surface area contributed by atoms with E-state index in [2.05, 4.69) is 25.5 Å². The Kier molecular flexibility index (Phi) is 3.59. The Labute approximate surface area is 132 Å². The molecule has 0 unspecified atom stereocenters. The Hall–Kier alpha value is -1.86. The van der Waals surface area contributed by atoms with E-state index in [1.165, 1.54) is 12.8 Å². The molecular formula is C14H16ClN5O2. The van der Waals surface area contributed by atoms with Crippen LogP contribution in [0.2, 0.25) is 5.02 Å². The van der Waals surface area contributed by atoms with Gasteiger partial charge >= 0.3 is 0 Å². The largest absolute Gasteiger partial charge is 0.489 e. The lowest BCUT2D eigenvalue weighted by atomic mass is 10.1. The van der Waals surface area contributed by atoms with Gasteiger partial charge in [-0.05, 0) is 24.1 Å². The lowest BCUT2D eigenvalue weighted by Crippen LogP contribution is -2.36. The maximum Gasteiger partial charge on any atom is 0.206 e. The quantitative estimate of drug-likeness (QED) is 0.906. The number of benzene rings is 1. The van der Waals surface area contributed by atoms with Crippen LogP contribution >= 0.6 is 11.6 Å². The summed E-state index contributed by atoms with van der Waals surface area (Å²) in [5, 5.41) is 14.8. The van der Waals surface area contributed by atoms with Crippen molar-refractivity contribution in [2.45, 2.75) is 18.9 Å². The Bertz CT molecular complexity index is 660. The second kappa shape index (κ2) is 5.73. The average molecular weight is 322 g/mol. The average Bonchev–Trinajstić information content (AvgIpc) is 3.17. The van der Waals surface area contributed by atoms with E-state index >= 15 is 0 Å². The lowest BCUT2D eigenvalue weighted by Gasteiger charge is -2.32. The van der Waals surface area contributed by atoms with Gasteiger partial charge in [-0.25, -0.2) is 0 Å². The van der Waals surface area contributed by atoms with Gasteiger partial charge in [0.15, 0.2) is 0 Å². The molecule has 1 saturated carbocycles. The monoisotopic (exact) mass is 321 g/mol. The summed E-state index contributed by atoms with van der Waals surface area (Å²) < 4.78 is 11.5. The zero-order chi connectivity index (χ0) is 14.9. The summed E-state index contributed by atoms with van der Waals surface area (Å²) >= 11 is 6.19. The van der Waals surface area contributed by atoms with Crippen LogP contribution in [0.15, 0.2) is 12.1 Å². The Morgan fingerprint density at radius 1 is 1.41 bits per heavy atom. The van der Waals surface area contributed by atoms with Crippen molar-refractivity contribution in [3.8, 4) is 17.1 Å². The zero-order valence-electron chi connectivity index (χ0n) is 12.0. The van der Waals surface area contributed by atoms with Crippen molar-refractivity contribution >= 4 is 17.3 Å². The number of aromatic amines is 1. The van der Waals surface area contributed by atoms with Gasteiger partial charge in [0, 0.05) is 17.6 Å². The minimum atomic E-state index is 0.461. The number of H-pyrrole nitrogens is 1. The van der Waals surface area contributed by atoms with Crippen LogP contribution in [0.25, 0.3) is 11.4 Å². The summed E-state index contributed by atoms with van der Waals surface area (Å²) in [6.07, 6.45) is 2.83. The number of aromatic nitrogens is 4. The van der Waals surface area contributed by atoms with Crippen LogP contribution in [0.5, 0.6) is 5.75 Å². The van der Waals surface area contributed by atoms with E-state index in [9.17, 15) is 0 Å². The zero-order valence-corrected chi connectivity index (χ0v) is 12.7. The first-order valence-electron chi connectivity index (χ1n) is 7.38. The normalized spacial score (nSPS) is 17.2. The first kappa shape index (κ1) is 13.8. The highest BCUT2D eigenvalue weighted by Crippen LogP contribution is 2.41. The lowest BCUT2D eigenvalue weighted by molar-refractivity contribution is 0.124. The molecule has 4 rings (SSSR count). The number of halogens is 1. The fraction of sp³-hybridized carbons (Fsp3) is 0.500. The van der Waals surface area contributed by atoms with E-state index in [4.69, 9.17) is 21.1 Å². The fourth-order valence-electron chi connectivity index (χ4n) is 2.62. The summed E-state index contributed by atoms with van der Waals surface area (Å²) in [5.41, 5.74) is 1.78. The van der Waals surface area contributed by atoms with Crippen LogP contribution in [-0.4, -0.2) is 53.0 Å². The van der Waals surface area contributed by atoms with Crippen molar-refractivity contribution in [3.63, 3.8) is 0 Å². The molecule has 2 aromatic rings. The topological polar surface area (TPSA) is 76.2 Å². The van der Waals surface area contributed by atoms with E-state index in [1.54, 1.807) is 0 Å². The molecule has 1 aromatic heterocycles. The highest BCUT2D eigenvalue weighted by molar-refractivity contribution is 6.31. The van der Waals surface area contributed by atoms with Gasteiger partial charge in [0.25, 0.3) is 0 Å². The van der Waals surface area contributed by atoms with Gasteiger partial charge in [0.2, 0.25) is 5.82 Å². The number of ether oxygens (including phenoxy) is 2. The van der Waals surface area contributed by atoms with Crippen molar-refractivity contribution in [1.29, 1.82) is 0 Å². The molecule has 0 saturated heterocycles. The number of fused-ring (bicyclic) bond motifs is 1. The highest BCUT2D eigenvalue weighted by atomic mass is 35.5. The van der Waals surface area contributed by atoms with Gasteiger partial charge in [-0.3, -0.25) is 0 Å². The molecule has 0 spiro atoms. The maximum absolute atomic E-state index is 6.19.